The molecular weight excluding hydrogens is 364 g/mol. The van der Waals surface area contributed by atoms with Gasteiger partial charge < -0.3 is 20.3 Å². The van der Waals surface area contributed by atoms with Crippen molar-refractivity contribution in [2.75, 3.05) is 14.1 Å². The molecule has 1 aromatic heterocycles. The first-order valence-electron chi connectivity index (χ1n) is 8.76. The van der Waals surface area contributed by atoms with Gasteiger partial charge in [0.05, 0.1) is 17.7 Å². The maximum atomic E-state index is 11.4. The molecule has 6 nitrogen and oxygen atoms in total. The Kier molecular flexibility index (Phi) is 5.68. The summed E-state index contributed by atoms with van der Waals surface area (Å²) in [6.45, 7) is 0.498. The highest BCUT2D eigenvalue weighted by molar-refractivity contribution is 6.30. The number of carboxylic acids is 1. The molecular formula is C20H23ClN4O2. The standard InChI is InChI=1S/C20H23ClN4O2/c1-22-15-8-10-20(23-2,11-9-15)19-24-18(21)16(12-17(26)27)25(19)13-14-6-4-3-5-7-14/h3-10,22-23H,11-13H2,1-2H3,(H,26,27). The molecule has 0 bridgehead atoms. The van der Waals surface area contributed by atoms with Gasteiger partial charge in [0.25, 0.3) is 0 Å². The van der Waals surface area contributed by atoms with Gasteiger partial charge in [-0.15, -0.1) is 0 Å². The van der Waals surface area contributed by atoms with Gasteiger partial charge in [0.15, 0.2) is 5.15 Å². The summed E-state index contributed by atoms with van der Waals surface area (Å²) in [5.74, 6) is -0.231. The molecule has 0 amide bonds. The van der Waals surface area contributed by atoms with Gasteiger partial charge in [0, 0.05) is 19.3 Å². The number of carboxylic acid groups (broad SMARTS) is 1. The lowest BCUT2D eigenvalue weighted by molar-refractivity contribution is -0.136. The molecule has 0 saturated carbocycles. The molecule has 0 fully saturated rings. The summed E-state index contributed by atoms with van der Waals surface area (Å²) in [6.07, 6.45) is 6.61. The fourth-order valence-electron chi connectivity index (χ4n) is 3.33. The topological polar surface area (TPSA) is 79.2 Å². The number of benzene rings is 1. The predicted octanol–water partition coefficient (Wildman–Crippen LogP) is 2.69. The summed E-state index contributed by atoms with van der Waals surface area (Å²) in [4.78, 5) is 16.0. The lowest BCUT2D eigenvalue weighted by atomic mass is 9.89. The molecule has 1 aliphatic carbocycles. The number of aliphatic carboxylic acids is 1. The van der Waals surface area contributed by atoms with Crippen LogP contribution in [-0.2, 0) is 23.3 Å². The molecule has 142 valence electrons. The molecule has 27 heavy (non-hydrogen) atoms. The van der Waals surface area contributed by atoms with Crippen molar-refractivity contribution in [2.24, 2.45) is 0 Å². The average Bonchev–Trinajstić information content (AvgIpc) is 2.98. The molecule has 2 aromatic rings. The Labute approximate surface area is 163 Å². The summed E-state index contributed by atoms with van der Waals surface area (Å²) in [7, 11) is 3.75. The fourth-order valence-corrected chi connectivity index (χ4v) is 3.58. The summed E-state index contributed by atoms with van der Waals surface area (Å²) >= 11 is 6.38. The number of nitrogens with zero attached hydrogens (tertiary/aromatic N) is 2. The third-order valence-corrected chi connectivity index (χ3v) is 5.15. The third-order valence-electron chi connectivity index (χ3n) is 4.85. The van der Waals surface area contributed by atoms with E-state index >= 15 is 0 Å². The van der Waals surface area contributed by atoms with Crippen LogP contribution in [-0.4, -0.2) is 34.7 Å². The normalized spacial score (nSPS) is 19.0. The van der Waals surface area contributed by atoms with Gasteiger partial charge in [0.2, 0.25) is 0 Å². The van der Waals surface area contributed by atoms with Gasteiger partial charge in [-0.05, 0) is 25.1 Å². The lowest BCUT2D eigenvalue weighted by Gasteiger charge is -2.32. The number of allylic oxidation sites excluding steroid dienone is 1. The Morgan fingerprint density at radius 3 is 2.63 bits per heavy atom. The van der Waals surface area contributed by atoms with Crippen molar-refractivity contribution in [3.05, 3.63) is 76.5 Å². The zero-order valence-corrected chi connectivity index (χ0v) is 16.1. The van der Waals surface area contributed by atoms with E-state index in [4.69, 9.17) is 11.6 Å². The number of imidazole rings is 1. The van der Waals surface area contributed by atoms with E-state index in [-0.39, 0.29) is 11.6 Å². The highest BCUT2D eigenvalue weighted by atomic mass is 35.5. The van der Waals surface area contributed by atoms with Crippen LogP contribution in [0.2, 0.25) is 5.15 Å². The molecule has 3 rings (SSSR count). The zero-order valence-electron chi connectivity index (χ0n) is 15.4. The number of hydrogen-bond donors (Lipinski definition) is 3. The van der Waals surface area contributed by atoms with Crippen molar-refractivity contribution in [1.29, 1.82) is 0 Å². The zero-order chi connectivity index (χ0) is 19.4. The minimum Gasteiger partial charge on any atom is -0.481 e. The Morgan fingerprint density at radius 1 is 1.33 bits per heavy atom. The van der Waals surface area contributed by atoms with Gasteiger partial charge >= 0.3 is 5.97 Å². The van der Waals surface area contributed by atoms with Crippen molar-refractivity contribution in [1.82, 2.24) is 20.2 Å². The molecule has 1 aromatic carbocycles. The molecule has 7 heteroatoms. The number of nitrogens with one attached hydrogen (secondary N) is 2. The monoisotopic (exact) mass is 386 g/mol. The number of hydrogen-bond acceptors (Lipinski definition) is 4. The minimum absolute atomic E-state index is 0.181. The van der Waals surface area contributed by atoms with E-state index in [2.05, 4.69) is 21.7 Å². The van der Waals surface area contributed by atoms with Crippen LogP contribution in [0.5, 0.6) is 0 Å². The van der Waals surface area contributed by atoms with Crippen molar-refractivity contribution >= 4 is 17.6 Å². The molecule has 1 heterocycles. The highest BCUT2D eigenvalue weighted by Gasteiger charge is 2.35. The average molecular weight is 387 g/mol. The van der Waals surface area contributed by atoms with Crippen LogP contribution in [0.1, 0.15) is 23.5 Å². The molecule has 3 N–H and O–H groups in total. The second-order valence-corrected chi connectivity index (χ2v) is 6.84. The fraction of sp³-hybridized carbons (Fsp3) is 0.300. The number of rotatable bonds is 7. The number of halogens is 1. The van der Waals surface area contributed by atoms with E-state index in [1.807, 2.05) is 61.1 Å². The SMILES string of the molecule is CNC1=CCC(NC)(c2nc(Cl)c(CC(=O)O)n2Cc2ccccc2)C=C1. The van der Waals surface area contributed by atoms with Gasteiger partial charge in [-0.1, -0.05) is 54.1 Å². The van der Waals surface area contributed by atoms with Gasteiger partial charge in [-0.2, -0.15) is 0 Å². The highest BCUT2D eigenvalue weighted by Crippen LogP contribution is 2.34. The van der Waals surface area contributed by atoms with Gasteiger partial charge in [0.1, 0.15) is 5.82 Å². The molecule has 1 aliphatic rings. The van der Waals surface area contributed by atoms with Crippen LogP contribution in [0.4, 0.5) is 0 Å². The van der Waals surface area contributed by atoms with E-state index in [1.54, 1.807) is 0 Å². The number of aromatic nitrogens is 2. The molecule has 1 atom stereocenters. The molecule has 0 aliphatic heterocycles. The molecule has 1 unspecified atom stereocenters. The van der Waals surface area contributed by atoms with Crippen molar-refractivity contribution in [2.45, 2.75) is 24.9 Å². The van der Waals surface area contributed by atoms with E-state index < -0.39 is 11.5 Å². The summed E-state index contributed by atoms with van der Waals surface area (Å²) in [5.41, 5.74) is 2.03. The second-order valence-electron chi connectivity index (χ2n) is 6.48. The smallest absolute Gasteiger partial charge is 0.309 e. The number of carbonyl (C=O) groups is 1. The van der Waals surface area contributed by atoms with Crippen molar-refractivity contribution in [3.8, 4) is 0 Å². The van der Waals surface area contributed by atoms with E-state index in [0.29, 0.717) is 24.5 Å². The Bertz CT molecular complexity index is 889. The van der Waals surface area contributed by atoms with Crippen LogP contribution in [0.15, 0.2) is 54.3 Å². The van der Waals surface area contributed by atoms with E-state index in [9.17, 15) is 9.90 Å². The Balaban J connectivity index is 2.10. The molecule has 0 saturated heterocycles. The van der Waals surface area contributed by atoms with Gasteiger partial charge in [-0.3, -0.25) is 4.79 Å². The van der Waals surface area contributed by atoms with E-state index in [0.717, 1.165) is 11.3 Å². The minimum atomic E-state index is -0.937. The van der Waals surface area contributed by atoms with E-state index in [1.165, 1.54) is 0 Å². The first kappa shape index (κ1) is 19.2. The maximum Gasteiger partial charge on any atom is 0.309 e. The predicted molar refractivity (Wildman–Crippen MR) is 106 cm³/mol. The van der Waals surface area contributed by atoms with Gasteiger partial charge in [-0.25, -0.2) is 4.98 Å². The molecule has 0 radical (unpaired) electrons. The quantitative estimate of drug-likeness (QED) is 0.681. The first-order chi connectivity index (χ1) is 13.0. The van der Waals surface area contributed by atoms with Crippen LogP contribution < -0.4 is 10.6 Å². The lowest BCUT2D eigenvalue weighted by Crippen LogP contribution is -2.42. The number of likely N-dealkylation sites (N-methyl/N-ethyl adjacent to an activating group) is 2. The molecule has 0 spiro atoms. The van der Waals surface area contributed by atoms with Crippen LogP contribution in [0.3, 0.4) is 0 Å². The first-order valence-corrected chi connectivity index (χ1v) is 9.14. The van der Waals surface area contributed by atoms with Crippen LogP contribution >= 0.6 is 11.6 Å². The maximum absolute atomic E-state index is 11.4. The summed E-state index contributed by atoms with van der Waals surface area (Å²) in [6, 6.07) is 9.88. The second kappa shape index (κ2) is 7.98. The summed E-state index contributed by atoms with van der Waals surface area (Å²) < 4.78 is 1.92. The van der Waals surface area contributed by atoms with Crippen molar-refractivity contribution < 1.29 is 9.90 Å². The largest absolute Gasteiger partial charge is 0.481 e. The summed E-state index contributed by atoms with van der Waals surface area (Å²) in [5, 5.41) is 16.1. The van der Waals surface area contributed by atoms with Crippen LogP contribution in [0, 0.1) is 0 Å². The Morgan fingerprint density at radius 2 is 2.07 bits per heavy atom. The van der Waals surface area contributed by atoms with Crippen molar-refractivity contribution in [3.63, 3.8) is 0 Å². The third kappa shape index (κ3) is 3.91. The van der Waals surface area contributed by atoms with Crippen LogP contribution in [0.25, 0.3) is 0 Å². The Hall–Kier alpha value is -2.57.